The van der Waals surface area contributed by atoms with Crippen LogP contribution in [0.25, 0.3) is 0 Å². The number of hydrogen-bond donors (Lipinski definition) is 2. The molecule has 0 radical (unpaired) electrons. The number of rotatable bonds is 0. The first-order chi connectivity index (χ1) is 7.20. The number of phenols is 2. The van der Waals surface area contributed by atoms with Crippen molar-refractivity contribution in [2.24, 2.45) is 0 Å². The molecule has 0 atom stereocenters. The fourth-order valence-corrected chi connectivity index (χ4v) is 1.16. The van der Waals surface area contributed by atoms with Gasteiger partial charge in [0.25, 0.3) is 0 Å². The normalized spacial score (nSPS) is 8.87. The van der Waals surface area contributed by atoms with Crippen molar-refractivity contribution in [2.75, 3.05) is 0 Å². The zero-order chi connectivity index (χ0) is 11.1. The Morgan fingerprint density at radius 1 is 0.733 bits per heavy atom. The summed E-state index contributed by atoms with van der Waals surface area (Å²) in [4.78, 5) is 0. The van der Waals surface area contributed by atoms with E-state index < -0.39 is 0 Å². The Morgan fingerprint density at radius 3 is 1.60 bits per heavy atom. The topological polar surface area (TPSA) is 40.5 Å². The predicted molar refractivity (Wildman–Crippen MR) is 63.9 cm³/mol. The second-order valence-corrected chi connectivity index (χ2v) is 3.64. The van der Waals surface area contributed by atoms with E-state index in [0.29, 0.717) is 5.75 Å². The maximum absolute atomic E-state index is 8.87. The molecule has 2 aromatic rings. The van der Waals surface area contributed by atoms with Gasteiger partial charge in [-0.3, -0.25) is 0 Å². The Hall–Kier alpha value is -1.48. The molecular weight excluding hydrogens is 256 g/mol. The summed E-state index contributed by atoms with van der Waals surface area (Å²) < 4.78 is 0.736. The Morgan fingerprint density at radius 2 is 1.27 bits per heavy atom. The molecule has 0 fully saturated rings. The van der Waals surface area contributed by atoms with E-state index in [-0.39, 0.29) is 5.75 Å². The molecule has 0 unspecified atom stereocenters. The van der Waals surface area contributed by atoms with Gasteiger partial charge in [0, 0.05) is 0 Å². The van der Waals surface area contributed by atoms with Crippen LogP contribution in [-0.4, -0.2) is 10.2 Å². The molecule has 15 heavy (non-hydrogen) atoms. The number of phenolic OH excluding ortho intramolecular Hbond substituents is 2. The molecule has 0 aliphatic rings. The van der Waals surface area contributed by atoms with Crippen molar-refractivity contribution >= 4 is 15.9 Å². The smallest absolute Gasteiger partial charge is 0.129 e. The Balaban J connectivity index is 0.000000151. The van der Waals surface area contributed by atoms with Gasteiger partial charge in [0.15, 0.2) is 0 Å². The van der Waals surface area contributed by atoms with Crippen LogP contribution in [0.15, 0.2) is 59.1 Å². The van der Waals surface area contributed by atoms with E-state index in [9.17, 15) is 0 Å². The first kappa shape index (κ1) is 11.6. The van der Waals surface area contributed by atoms with Crippen LogP contribution in [0.4, 0.5) is 0 Å². The van der Waals surface area contributed by atoms with E-state index in [0.717, 1.165) is 4.47 Å². The highest BCUT2D eigenvalue weighted by Gasteiger charge is 1.89. The summed E-state index contributed by atoms with van der Waals surface area (Å²) in [6.45, 7) is 0. The van der Waals surface area contributed by atoms with Gasteiger partial charge in [-0.1, -0.05) is 30.3 Å². The standard InChI is InChI=1S/C6H5BrO.C6H6O/c7-5-3-1-2-4-6(5)8;7-6-4-2-1-3-5-6/h1-4,8H;1-5,7H. The largest absolute Gasteiger partial charge is 0.508 e. The molecule has 0 aromatic heterocycles. The Kier molecular flexibility index (Phi) is 4.71. The van der Waals surface area contributed by atoms with Gasteiger partial charge >= 0.3 is 0 Å². The fourth-order valence-electron chi connectivity index (χ4n) is 0.880. The Labute approximate surface area is 97.0 Å². The predicted octanol–water partition coefficient (Wildman–Crippen LogP) is 3.55. The van der Waals surface area contributed by atoms with Crippen LogP contribution in [-0.2, 0) is 0 Å². The molecule has 0 bridgehead atoms. The van der Waals surface area contributed by atoms with Crippen LogP contribution in [0.1, 0.15) is 0 Å². The minimum atomic E-state index is 0.285. The van der Waals surface area contributed by atoms with E-state index in [1.807, 2.05) is 12.1 Å². The van der Waals surface area contributed by atoms with Crippen LogP contribution in [0.2, 0.25) is 0 Å². The summed E-state index contributed by atoms with van der Waals surface area (Å²) in [6.07, 6.45) is 0. The van der Waals surface area contributed by atoms with Crippen molar-refractivity contribution in [3.63, 3.8) is 0 Å². The molecule has 0 saturated carbocycles. The van der Waals surface area contributed by atoms with E-state index in [1.54, 1.807) is 42.5 Å². The average Bonchev–Trinajstić information content (AvgIpc) is 2.25. The number of benzene rings is 2. The van der Waals surface area contributed by atoms with Crippen LogP contribution in [0, 0.1) is 0 Å². The molecule has 0 spiro atoms. The van der Waals surface area contributed by atoms with E-state index in [2.05, 4.69) is 15.9 Å². The molecule has 78 valence electrons. The van der Waals surface area contributed by atoms with Crippen molar-refractivity contribution < 1.29 is 10.2 Å². The molecule has 3 heteroatoms. The number of halogens is 1. The molecule has 0 heterocycles. The summed E-state index contributed by atoms with van der Waals surface area (Å²) in [6, 6.07) is 15.8. The maximum atomic E-state index is 8.87. The second-order valence-electron chi connectivity index (χ2n) is 2.79. The van der Waals surface area contributed by atoms with Gasteiger partial charge in [0.05, 0.1) is 4.47 Å². The van der Waals surface area contributed by atoms with Gasteiger partial charge < -0.3 is 10.2 Å². The highest BCUT2D eigenvalue weighted by atomic mass is 79.9. The van der Waals surface area contributed by atoms with Gasteiger partial charge in [-0.2, -0.15) is 0 Å². The third-order valence-corrected chi connectivity index (χ3v) is 2.28. The Bertz CT molecular complexity index is 380. The van der Waals surface area contributed by atoms with Crippen molar-refractivity contribution in [3.05, 3.63) is 59.1 Å². The van der Waals surface area contributed by atoms with Crippen LogP contribution < -0.4 is 0 Å². The van der Waals surface area contributed by atoms with Crippen molar-refractivity contribution in [1.82, 2.24) is 0 Å². The third-order valence-electron chi connectivity index (χ3n) is 1.61. The van der Waals surface area contributed by atoms with Gasteiger partial charge in [-0.15, -0.1) is 0 Å². The third kappa shape index (κ3) is 4.51. The van der Waals surface area contributed by atoms with Gasteiger partial charge in [-0.05, 0) is 40.2 Å². The molecule has 2 rings (SSSR count). The van der Waals surface area contributed by atoms with Crippen LogP contribution >= 0.6 is 15.9 Å². The monoisotopic (exact) mass is 266 g/mol. The summed E-state index contributed by atoms with van der Waals surface area (Å²) in [5.74, 6) is 0.606. The van der Waals surface area contributed by atoms with Crippen molar-refractivity contribution in [1.29, 1.82) is 0 Å². The molecule has 2 aromatic carbocycles. The van der Waals surface area contributed by atoms with E-state index in [4.69, 9.17) is 10.2 Å². The summed E-state index contributed by atoms with van der Waals surface area (Å²) in [5.41, 5.74) is 0. The number of hydrogen-bond acceptors (Lipinski definition) is 2. The highest BCUT2D eigenvalue weighted by molar-refractivity contribution is 9.10. The quantitative estimate of drug-likeness (QED) is 0.766. The molecule has 0 amide bonds. The number of para-hydroxylation sites is 2. The zero-order valence-corrected chi connectivity index (χ0v) is 9.55. The van der Waals surface area contributed by atoms with Crippen molar-refractivity contribution in [2.45, 2.75) is 0 Å². The molecule has 0 aliphatic heterocycles. The lowest BCUT2D eigenvalue weighted by molar-refractivity contribution is 0.472. The van der Waals surface area contributed by atoms with Gasteiger partial charge in [-0.25, -0.2) is 0 Å². The lowest BCUT2D eigenvalue weighted by Gasteiger charge is -1.90. The van der Waals surface area contributed by atoms with Gasteiger partial charge in [0.1, 0.15) is 11.5 Å². The molecule has 0 aliphatic carbocycles. The lowest BCUT2D eigenvalue weighted by atomic mass is 10.3. The second kappa shape index (κ2) is 6.09. The maximum Gasteiger partial charge on any atom is 0.129 e. The first-order valence-electron chi connectivity index (χ1n) is 4.37. The lowest BCUT2D eigenvalue weighted by Crippen LogP contribution is -1.63. The van der Waals surface area contributed by atoms with Crippen LogP contribution in [0.3, 0.4) is 0 Å². The summed E-state index contributed by atoms with van der Waals surface area (Å²) >= 11 is 3.15. The fraction of sp³-hybridized carbons (Fsp3) is 0. The highest BCUT2D eigenvalue weighted by Crippen LogP contribution is 2.21. The first-order valence-corrected chi connectivity index (χ1v) is 5.17. The van der Waals surface area contributed by atoms with E-state index >= 15 is 0 Å². The summed E-state index contributed by atoms with van der Waals surface area (Å²) in [5, 5.41) is 17.5. The van der Waals surface area contributed by atoms with Gasteiger partial charge in [0.2, 0.25) is 0 Å². The number of aromatic hydroxyl groups is 2. The van der Waals surface area contributed by atoms with Crippen LogP contribution in [0.5, 0.6) is 11.5 Å². The minimum absolute atomic E-state index is 0.285. The SMILES string of the molecule is Oc1ccccc1.Oc1ccccc1Br. The molecule has 2 N–H and O–H groups in total. The minimum Gasteiger partial charge on any atom is -0.508 e. The molecular formula is C12H11BrO2. The van der Waals surface area contributed by atoms with E-state index in [1.165, 1.54) is 0 Å². The summed E-state index contributed by atoms with van der Waals surface area (Å²) in [7, 11) is 0. The zero-order valence-electron chi connectivity index (χ0n) is 7.97. The van der Waals surface area contributed by atoms with Crippen molar-refractivity contribution in [3.8, 4) is 11.5 Å². The molecule has 0 saturated heterocycles. The molecule has 2 nitrogen and oxygen atoms in total. The average molecular weight is 267 g/mol.